The van der Waals surface area contributed by atoms with Gasteiger partial charge in [-0.05, 0) is 52.7 Å². The van der Waals surface area contributed by atoms with Gasteiger partial charge in [-0.1, -0.05) is 18.2 Å². The zero-order chi connectivity index (χ0) is 20.7. The molecule has 1 aromatic carbocycles. The largest absolute Gasteiger partial charge is 0.452 e. The number of piperidine rings is 1. The van der Waals surface area contributed by atoms with E-state index in [1.54, 1.807) is 30.3 Å². The van der Waals surface area contributed by atoms with E-state index >= 15 is 0 Å². The summed E-state index contributed by atoms with van der Waals surface area (Å²) >= 11 is 0. The van der Waals surface area contributed by atoms with Gasteiger partial charge in [-0.2, -0.15) is 13.2 Å². The fourth-order valence-corrected chi connectivity index (χ4v) is 4.05. The van der Waals surface area contributed by atoms with E-state index in [1.807, 2.05) is 27.7 Å². The van der Waals surface area contributed by atoms with E-state index in [4.69, 9.17) is 4.42 Å². The number of amides is 1. The van der Waals surface area contributed by atoms with Crippen LogP contribution in [0.15, 0.2) is 34.7 Å². The molecule has 1 saturated heterocycles. The Morgan fingerprint density at radius 1 is 1.14 bits per heavy atom. The summed E-state index contributed by atoms with van der Waals surface area (Å²) in [4.78, 5) is 16.6. The van der Waals surface area contributed by atoms with E-state index in [0.29, 0.717) is 18.4 Å². The van der Waals surface area contributed by atoms with Gasteiger partial charge in [0.05, 0.1) is 0 Å². The SMILES string of the molecule is CC1(C)CC(NC(=O)c2nc(-c3ccccc3)oc2C(F)(F)F)CC(C)(C)N1. The normalized spacial score (nSPS) is 19.4. The minimum atomic E-state index is -4.82. The van der Waals surface area contributed by atoms with Crippen molar-refractivity contribution in [1.29, 1.82) is 0 Å². The molecule has 0 saturated carbocycles. The van der Waals surface area contributed by atoms with Crippen LogP contribution in [0.4, 0.5) is 13.2 Å². The number of benzene rings is 1. The number of alkyl halides is 3. The molecule has 8 heteroatoms. The third kappa shape index (κ3) is 4.55. The summed E-state index contributed by atoms with van der Waals surface area (Å²) in [6, 6.07) is 7.91. The highest BCUT2D eigenvalue weighted by atomic mass is 19.4. The van der Waals surface area contributed by atoms with Crippen LogP contribution < -0.4 is 10.6 Å². The average molecular weight is 395 g/mol. The molecule has 2 heterocycles. The smallest absolute Gasteiger partial charge is 0.431 e. The number of nitrogens with one attached hydrogen (secondary N) is 2. The maximum absolute atomic E-state index is 13.4. The summed E-state index contributed by atoms with van der Waals surface area (Å²) in [6.07, 6.45) is -3.64. The predicted octanol–water partition coefficient (Wildman–Crippen LogP) is 4.40. The molecule has 152 valence electrons. The summed E-state index contributed by atoms with van der Waals surface area (Å²) in [5.74, 6) is -2.49. The average Bonchev–Trinajstić information content (AvgIpc) is 2.98. The number of oxazole rings is 1. The molecule has 3 rings (SSSR count). The Hall–Kier alpha value is -2.35. The second-order valence-electron chi connectivity index (χ2n) is 8.53. The summed E-state index contributed by atoms with van der Waals surface area (Å²) in [5, 5.41) is 6.19. The van der Waals surface area contributed by atoms with Crippen LogP contribution in [0.1, 0.15) is 56.8 Å². The number of rotatable bonds is 3. The lowest BCUT2D eigenvalue weighted by atomic mass is 9.79. The molecule has 5 nitrogen and oxygen atoms in total. The van der Waals surface area contributed by atoms with Gasteiger partial charge in [0.1, 0.15) is 0 Å². The number of aromatic nitrogens is 1. The van der Waals surface area contributed by atoms with Crippen LogP contribution in [0.5, 0.6) is 0 Å². The van der Waals surface area contributed by atoms with Gasteiger partial charge >= 0.3 is 6.18 Å². The first kappa shape index (κ1) is 20.4. The number of hydrogen-bond acceptors (Lipinski definition) is 4. The zero-order valence-electron chi connectivity index (χ0n) is 16.3. The molecule has 0 spiro atoms. The zero-order valence-corrected chi connectivity index (χ0v) is 16.3. The molecule has 1 amide bonds. The second kappa shape index (κ2) is 6.92. The topological polar surface area (TPSA) is 67.2 Å². The highest BCUT2D eigenvalue weighted by molar-refractivity contribution is 5.94. The highest BCUT2D eigenvalue weighted by Crippen LogP contribution is 2.36. The molecule has 1 aliphatic rings. The fraction of sp³-hybridized carbons (Fsp3) is 0.500. The number of hydrogen-bond donors (Lipinski definition) is 2. The van der Waals surface area contributed by atoms with Gasteiger partial charge in [-0.25, -0.2) is 4.98 Å². The lowest BCUT2D eigenvalue weighted by molar-refractivity contribution is -0.153. The van der Waals surface area contributed by atoms with Crippen molar-refractivity contribution in [3.63, 3.8) is 0 Å². The first-order valence-electron chi connectivity index (χ1n) is 9.10. The monoisotopic (exact) mass is 395 g/mol. The van der Waals surface area contributed by atoms with Crippen LogP contribution in [0.25, 0.3) is 11.5 Å². The minimum Gasteiger partial charge on any atom is -0.431 e. The number of halogens is 3. The van der Waals surface area contributed by atoms with Crippen LogP contribution in [0.3, 0.4) is 0 Å². The number of carbonyl (C=O) groups excluding carboxylic acids is 1. The Kier molecular flexibility index (Phi) is 5.04. The molecule has 1 aliphatic heterocycles. The van der Waals surface area contributed by atoms with E-state index in [0.717, 1.165) is 0 Å². The van der Waals surface area contributed by atoms with Crippen LogP contribution in [0, 0.1) is 0 Å². The summed E-state index contributed by atoms with van der Waals surface area (Å²) in [5.41, 5.74) is -0.881. The molecule has 2 N–H and O–H groups in total. The Labute approximate surface area is 161 Å². The van der Waals surface area contributed by atoms with Crippen LogP contribution in [0.2, 0.25) is 0 Å². The summed E-state index contributed by atoms with van der Waals surface area (Å²) in [6.45, 7) is 7.99. The highest BCUT2D eigenvalue weighted by Gasteiger charge is 2.43. The lowest BCUT2D eigenvalue weighted by Crippen LogP contribution is -2.62. The molecule has 0 atom stereocenters. The van der Waals surface area contributed by atoms with Crippen molar-refractivity contribution in [3.05, 3.63) is 41.8 Å². The Bertz CT molecular complexity index is 841. The van der Waals surface area contributed by atoms with Crippen LogP contribution in [-0.2, 0) is 6.18 Å². The maximum atomic E-state index is 13.4. The van der Waals surface area contributed by atoms with Crippen LogP contribution >= 0.6 is 0 Å². The lowest BCUT2D eigenvalue weighted by Gasteiger charge is -2.46. The number of nitrogens with zero attached hydrogens (tertiary/aromatic N) is 1. The second-order valence-corrected chi connectivity index (χ2v) is 8.53. The van der Waals surface area contributed by atoms with Gasteiger partial charge in [0.25, 0.3) is 5.91 Å². The molecular weight excluding hydrogens is 371 g/mol. The van der Waals surface area contributed by atoms with Gasteiger partial charge in [-0.3, -0.25) is 4.79 Å². The van der Waals surface area contributed by atoms with Crippen molar-refractivity contribution in [2.24, 2.45) is 0 Å². The minimum absolute atomic E-state index is 0.232. The van der Waals surface area contributed by atoms with Crippen molar-refractivity contribution in [3.8, 4) is 11.5 Å². The Balaban J connectivity index is 1.90. The molecule has 28 heavy (non-hydrogen) atoms. The Morgan fingerprint density at radius 3 is 2.25 bits per heavy atom. The van der Waals surface area contributed by atoms with Gasteiger partial charge in [-0.15, -0.1) is 0 Å². The van der Waals surface area contributed by atoms with Crippen molar-refractivity contribution in [2.75, 3.05) is 0 Å². The Morgan fingerprint density at radius 2 is 1.71 bits per heavy atom. The van der Waals surface area contributed by atoms with Gasteiger partial charge in [0, 0.05) is 22.7 Å². The fourth-order valence-electron chi connectivity index (χ4n) is 4.05. The molecule has 1 fully saturated rings. The third-order valence-corrected chi connectivity index (χ3v) is 4.65. The van der Waals surface area contributed by atoms with Crippen molar-refractivity contribution >= 4 is 5.91 Å². The van der Waals surface area contributed by atoms with E-state index < -0.39 is 23.5 Å². The van der Waals surface area contributed by atoms with E-state index in [-0.39, 0.29) is 23.0 Å². The van der Waals surface area contributed by atoms with Gasteiger partial charge in [0.15, 0.2) is 5.69 Å². The predicted molar refractivity (Wildman–Crippen MR) is 98.7 cm³/mol. The first-order chi connectivity index (χ1) is 12.9. The first-order valence-corrected chi connectivity index (χ1v) is 9.10. The maximum Gasteiger partial charge on any atom is 0.452 e. The van der Waals surface area contributed by atoms with Crippen LogP contribution in [-0.4, -0.2) is 28.0 Å². The van der Waals surface area contributed by atoms with E-state index in [9.17, 15) is 18.0 Å². The summed E-state index contributed by atoms with van der Waals surface area (Å²) in [7, 11) is 0. The standard InChI is InChI=1S/C20H24F3N3O2/c1-18(2)10-13(11-19(3,4)26-18)24-16(27)14-15(20(21,22)23)28-17(25-14)12-8-6-5-7-9-12/h5-9,13,26H,10-11H2,1-4H3,(H,24,27). The number of carbonyl (C=O) groups is 1. The molecule has 2 aromatic rings. The molecule has 0 aliphatic carbocycles. The van der Waals surface area contributed by atoms with Crippen molar-refractivity contribution < 1.29 is 22.4 Å². The molecule has 0 unspecified atom stereocenters. The third-order valence-electron chi connectivity index (χ3n) is 4.65. The van der Waals surface area contributed by atoms with E-state index in [2.05, 4.69) is 15.6 Å². The van der Waals surface area contributed by atoms with E-state index in [1.165, 1.54) is 0 Å². The quantitative estimate of drug-likeness (QED) is 0.808. The molecule has 0 bridgehead atoms. The van der Waals surface area contributed by atoms with Crippen molar-refractivity contribution in [2.45, 2.75) is 63.8 Å². The molecule has 1 aromatic heterocycles. The summed E-state index contributed by atoms with van der Waals surface area (Å²) < 4.78 is 45.3. The van der Waals surface area contributed by atoms with Crippen molar-refractivity contribution in [1.82, 2.24) is 15.6 Å². The molecule has 0 radical (unpaired) electrons. The molecular formula is C20H24F3N3O2. The van der Waals surface area contributed by atoms with Gasteiger partial charge in [0.2, 0.25) is 11.7 Å². The van der Waals surface area contributed by atoms with Gasteiger partial charge < -0.3 is 15.1 Å².